The molecule has 0 aromatic heterocycles. The van der Waals surface area contributed by atoms with Crippen LogP contribution in [-0.2, 0) is 11.2 Å². The lowest BCUT2D eigenvalue weighted by molar-refractivity contribution is -0.384. The Morgan fingerprint density at radius 1 is 1.03 bits per heavy atom. The van der Waals surface area contributed by atoms with Crippen LogP contribution in [0, 0.1) is 10.1 Å². The van der Waals surface area contributed by atoms with E-state index in [-0.39, 0.29) is 17.3 Å². The molecule has 0 saturated carbocycles. The Hall–Kier alpha value is -4.00. The van der Waals surface area contributed by atoms with Gasteiger partial charge in [-0.1, -0.05) is 30.3 Å². The number of nitrogens with zero attached hydrogens (tertiary/aromatic N) is 2. The number of benzodiazepines with no additional fused rings is 1. The lowest BCUT2D eigenvalue weighted by Crippen LogP contribution is -2.27. The summed E-state index contributed by atoms with van der Waals surface area (Å²) in [4.78, 5) is 28.3. The molecule has 1 aliphatic rings. The van der Waals surface area contributed by atoms with Gasteiger partial charge >= 0.3 is 0 Å². The molecule has 0 bridgehead atoms. The van der Waals surface area contributed by atoms with Gasteiger partial charge in [-0.3, -0.25) is 19.9 Å². The van der Waals surface area contributed by atoms with Crippen LogP contribution in [0.5, 0.6) is 5.75 Å². The third-order valence-corrected chi connectivity index (χ3v) is 4.73. The van der Waals surface area contributed by atoms with E-state index in [4.69, 9.17) is 4.99 Å². The molecule has 2 N–H and O–H groups in total. The van der Waals surface area contributed by atoms with Crippen LogP contribution in [0.15, 0.2) is 77.8 Å². The normalized spacial score (nSPS) is 15.7. The maximum absolute atomic E-state index is 12.8. The predicted molar refractivity (Wildman–Crippen MR) is 109 cm³/mol. The quantitative estimate of drug-likeness (QED) is 0.526. The zero-order chi connectivity index (χ0) is 20.4. The predicted octanol–water partition coefficient (Wildman–Crippen LogP) is 3.70. The number of carbonyl (C=O) groups excluding carboxylic acids is 1. The molecule has 144 valence electrons. The monoisotopic (exact) mass is 387 g/mol. The van der Waals surface area contributed by atoms with Crippen LogP contribution in [-0.4, -0.2) is 27.7 Å². The molecule has 1 heterocycles. The minimum atomic E-state index is -0.701. The maximum atomic E-state index is 12.8. The number of benzene rings is 3. The van der Waals surface area contributed by atoms with E-state index in [2.05, 4.69) is 5.32 Å². The molecule has 4 rings (SSSR count). The minimum Gasteiger partial charge on any atom is -0.508 e. The molecule has 3 aromatic carbocycles. The van der Waals surface area contributed by atoms with Crippen LogP contribution >= 0.6 is 0 Å². The first-order valence-electron chi connectivity index (χ1n) is 9.02. The number of nitrogens with one attached hydrogen (secondary N) is 1. The van der Waals surface area contributed by atoms with E-state index in [1.165, 1.54) is 30.3 Å². The van der Waals surface area contributed by atoms with Gasteiger partial charge in [0.1, 0.15) is 11.8 Å². The number of nitro groups is 1. The standard InChI is InChI=1S/C22H17N3O4/c26-17-9-6-15(7-10-17)21-18-13-16(25(28)29)8-11-19(18)24-22(27)20(23-21)12-14-4-2-1-3-5-14/h1-11,13,20,26H,12H2,(H,24,27). The van der Waals surface area contributed by atoms with E-state index in [0.29, 0.717) is 28.9 Å². The van der Waals surface area contributed by atoms with Crippen LogP contribution in [0.25, 0.3) is 0 Å². The highest BCUT2D eigenvalue weighted by Gasteiger charge is 2.27. The van der Waals surface area contributed by atoms with E-state index in [1.54, 1.807) is 12.1 Å². The fraction of sp³-hybridized carbons (Fsp3) is 0.0909. The van der Waals surface area contributed by atoms with Crippen LogP contribution in [0.1, 0.15) is 16.7 Å². The van der Waals surface area contributed by atoms with Gasteiger partial charge in [-0.2, -0.15) is 0 Å². The SMILES string of the molecule is O=C1Nc2ccc([N+](=O)[O-])cc2C(c2ccc(O)cc2)=NC1Cc1ccccc1. The fourth-order valence-corrected chi connectivity index (χ4v) is 3.28. The number of anilines is 1. The lowest BCUT2D eigenvalue weighted by atomic mass is 9.99. The number of phenols is 1. The Labute approximate surface area is 166 Å². The molecule has 1 unspecified atom stereocenters. The van der Waals surface area contributed by atoms with Crippen molar-refractivity contribution < 1.29 is 14.8 Å². The van der Waals surface area contributed by atoms with Crippen molar-refractivity contribution in [3.05, 3.63) is 99.6 Å². The molecule has 1 aliphatic heterocycles. The van der Waals surface area contributed by atoms with Crippen molar-refractivity contribution in [2.45, 2.75) is 12.5 Å². The lowest BCUT2D eigenvalue weighted by Gasteiger charge is -2.11. The number of nitro benzene ring substituents is 1. The summed E-state index contributed by atoms with van der Waals surface area (Å²) in [6, 6.07) is 19.5. The summed E-state index contributed by atoms with van der Waals surface area (Å²) in [5, 5.41) is 23.7. The number of non-ortho nitro benzene ring substituents is 1. The number of phenolic OH excluding ortho intramolecular Hbond substituents is 1. The minimum absolute atomic E-state index is 0.0917. The van der Waals surface area contributed by atoms with Crippen molar-refractivity contribution in [1.29, 1.82) is 0 Å². The zero-order valence-electron chi connectivity index (χ0n) is 15.3. The first kappa shape index (κ1) is 18.4. The summed E-state index contributed by atoms with van der Waals surface area (Å²) >= 11 is 0. The number of aliphatic imine (C=N–C) groups is 1. The largest absolute Gasteiger partial charge is 0.508 e. The van der Waals surface area contributed by atoms with Gasteiger partial charge in [0.25, 0.3) is 5.69 Å². The third kappa shape index (κ3) is 3.84. The highest BCUT2D eigenvalue weighted by Crippen LogP contribution is 2.29. The van der Waals surface area contributed by atoms with Crippen molar-refractivity contribution in [1.82, 2.24) is 0 Å². The molecule has 0 saturated heterocycles. The van der Waals surface area contributed by atoms with Crippen LogP contribution in [0.2, 0.25) is 0 Å². The summed E-state index contributed by atoms with van der Waals surface area (Å²) in [5.41, 5.74) is 2.91. The topological polar surface area (TPSA) is 105 Å². The highest BCUT2D eigenvalue weighted by atomic mass is 16.6. The number of rotatable bonds is 4. The molecular formula is C22H17N3O4. The van der Waals surface area contributed by atoms with Gasteiger partial charge in [0.15, 0.2) is 0 Å². The number of amides is 1. The number of fused-ring (bicyclic) bond motifs is 1. The van der Waals surface area contributed by atoms with E-state index >= 15 is 0 Å². The second-order valence-electron chi connectivity index (χ2n) is 6.71. The van der Waals surface area contributed by atoms with Crippen molar-refractivity contribution in [3.63, 3.8) is 0 Å². The molecular weight excluding hydrogens is 370 g/mol. The molecule has 0 aliphatic carbocycles. The van der Waals surface area contributed by atoms with Gasteiger partial charge in [-0.25, -0.2) is 0 Å². The van der Waals surface area contributed by atoms with Gasteiger partial charge < -0.3 is 10.4 Å². The Balaban J connectivity index is 1.85. The zero-order valence-corrected chi connectivity index (χ0v) is 15.3. The summed E-state index contributed by atoms with van der Waals surface area (Å²) in [5.74, 6) is -0.185. The molecule has 3 aromatic rings. The second-order valence-corrected chi connectivity index (χ2v) is 6.71. The smallest absolute Gasteiger partial charge is 0.270 e. The molecule has 29 heavy (non-hydrogen) atoms. The van der Waals surface area contributed by atoms with Gasteiger partial charge in [-0.05, 0) is 35.9 Å². The van der Waals surface area contributed by atoms with E-state index < -0.39 is 11.0 Å². The summed E-state index contributed by atoms with van der Waals surface area (Å²) in [7, 11) is 0. The van der Waals surface area contributed by atoms with Crippen molar-refractivity contribution in [3.8, 4) is 5.75 Å². The number of hydrogen-bond donors (Lipinski definition) is 2. The molecule has 1 atom stereocenters. The Morgan fingerprint density at radius 2 is 1.76 bits per heavy atom. The molecule has 7 heteroatoms. The molecule has 0 radical (unpaired) electrons. The number of carbonyl (C=O) groups is 1. The van der Waals surface area contributed by atoms with Gasteiger partial charge in [-0.15, -0.1) is 0 Å². The number of hydrogen-bond acceptors (Lipinski definition) is 5. The summed E-state index contributed by atoms with van der Waals surface area (Å²) in [6.07, 6.45) is 0.393. The van der Waals surface area contributed by atoms with Crippen molar-refractivity contribution in [2.75, 3.05) is 5.32 Å². The Morgan fingerprint density at radius 3 is 2.45 bits per heavy atom. The van der Waals surface area contributed by atoms with Crippen LogP contribution in [0.3, 0.4) is 0 Å². The van der Waals surface area contributed by atoms with Gasteiger partial charge in [0.2, 0.25) is 5.91 Å². The molecule has 7 nitrogen and oxygen atoms in total. The molecule has 0 spiro atoms. The van der Waals surface area contributed by atoms with Crippen LogP contribution < -0.4 is 5.32 Å². The first-order valence-corrected chi connectivity index (χ1v) is 9.02. The average Bonchev–Trinajstić information content (AvgIpc) is 2.85. The average molecular weight is 387 g/mol. The van der Waals surface area contributed by atoms with Gasteiger partial charge in [0.05, 0.1) is 16.3 Å². The maximum Gasteiger partial charge on any atom is 0.270 e. The van der Waals surface area contributed by atoms with Gasteiger partial charge in [0, 0.05) is 29.7 Å². The summed E-state index contributed by atoms with van der Waals surface area (Å²) in [6.45, 7) is 0. The van der Waals surface area contributed by atoms with E-state index in [1.807, 2.05) is 30.3 Å². The van der Waals surface area contributed by atoms with E-state index in [9.17, 15) is 20.0 Å². The highest BCUT2D eigenvalue weighted by molar-refractivity contribution is 6.20. The Kier molecular flexibility index (Phi) is 4.78. The third-order valence-electron chi connectivity index (χ3n) is 4.73. The second kappa shape index (κ2) is 7.55. The van der Waals surface area contributed by atoms with Crippen LogP contribution in [0.4, 0.5) is 11.4 Å². The van der Waals surface area contributed by atoms with Crippen molar-refractivity contribution >= 4 is 23.0 Å². The first-order chi connectivity index (χ1) is 14.0. The van der Waals surface area contributed by atoms with E-state index in [0.717, 1.165) is 5.56 Å². The Bertz CT molecular complexity index is 1110. The van der Waals surface area contributed by atoms with Crippen molar-refractivity contribution in [2.24, 2.45) is 4.99 Å². The summed E-state index contributed by atoms with van der Waals surface area (Å²) < 4.78 is 0. The number of aromatic hydroxyl groups is 1. The molecule has 1 amide bonds. The fourth-order valence-electron chi connectivity index (χ4n) is 3.28. The molecule has 0 fully saturated rings.